The molecule has 0 aromatic heterocycles. The lowest BCUT2D eigenvalue weighted by molar-refractivity contribution is -0.123. The van der Waals surface area contributed by atoms with Crippen LogP contribution in [0.5, 0.6) is 5.75 Å². The Morgan fingerprint density at radius 2 is 1.41 bits per heavy atom. The highest BCUT2D eigenvalue weighted by molar-refractivity contribution is 6.24. The Bertz CT molecular complexity index is 1210. The molecule has 0 bridgehead atoms. The van der Waals surface area contributed by atoms with Gasteiger partial charge in [0.25, 0.3) is 17.7 Å². The molecule has 0 saturated carbocycles. The minimum Gasteiger partial charge on any atom is -0.483 e. The van der Waals surface area contributed by atoms with Gasteiger partial charge in [-0.25, -0.2) is 4.79 Å². The van der Waals surface area contributed by atoms with Crippen molar-refractivity contribution in [3.05, 3.63) is 29.3 Å². The third-order valence-electron chi connectivity index (χ3n) is 6.48. The summed E-state index contributed by atoms with van der Waals surface area (Å²) in [6.45, 7) is 11.0. The highest BCUT2D eigenvalue weighted by Crippen LogP contribution is 2.33. The van der Waals surface area contributed by atoms with E-state index in [1.54, 1.807) is 20.8 Å². The van der Waals surface area contributed by atoms with Gasteiger partial charge in [-0.15, -0.1) is 0 Å². The van der Waals surface area contributed by atoms with Crippen LogP contribution in [0, 0.1) is 0 Å². The molecular formula is C32H47N3O11. The van der Waals surface area contributed by atoms with Crippen LogP contribution < -0.4 is 15.4 Å². The Balaban J connectivity index is 1.56. The molecule has 1 unspecified atom stereocenters. The number of benzene rings is 1. The van der Waals surface area contributed by atoms with Gasteiger partial charge in [-0.1, -0.05) is 6.07 Å². The number of nitrogens with zero attached hydrogens (tertiary/aromatic N) is 1. The van der Waals surface area contributed by atoms with Crippen molar-refractivity contribution in [3.8, 4) is 5.75 Å². The molecule has 2 N–H and O–H groups in total. The zero-order chi connectivity index (χ0) is 34.1. The monoisotopic (exact) mass is 649 g/mol. The van der Waals surface area contributed by atoms with Gasteiger partial charge in [-0.3, -0.25) is 24.1 Å². The maximum atomic E-state index is 13.2. The molecule has 1 aromatic rings. The van der Waals surface area contributed by atoms with Crippen molar-refractivity contribution in [1.29, 1.82) is 0 Å². The lowest BCUT2D eigenvalue weighted by Crippen LogP contribution is -2.44. The van der Waals surface area contributed by atoms with Gasteiger partial charge in [0.1, 0.15) is 17.1 Å². The fourth-order valence-electron chi connectivity index (χ4n) is 4.35. The van der Waals surface area contributed by atoms with E-state index < -0.39 is 41.2 Å². The molecule has 14 nitrogen and oxygen atoms in total. The molecule has 2 rings (SSSR count). The topological polar surface area (TPSA) is 176 Å². The predicted molar refractivity (Wildman–Crippen MR) is 166 cm³/mol. The van der Waals surface area contributed by atoms with E-state index in [1.165, 1.54) is 32.0 Å². The van der Waals surface area contributed by atoms with E-state index in [0.29, 0.717) is 65.6 Å². The van der Waals surface area contributed by atoms with Crippen LogP contribution in [0.15, 0.2) is 18.2 Å². The molecule has 0 spiro atoms. The first-order valence-corrected chi connectivity index (χ1v) is 15.4. The second kappa shape index (κ2) is 19.6. The summed E-state index contributed by atoms with van der Waals surface area (Å²) < 4.78 is 27.1. The molecule has 1 atom stereocenters. The number of rotatable bonds is 22. The molecule has 14 heteroatoms. The van der Waals surface area contributed by atoms with Crippen molar-refractivity contribution in [1.82, 2.24) is 15.5 Å². The molecule has 0 aliphatic carbocycles. The average Bonchev–Trinajstić information content (AvgIpc) is 3.22. The molecule has 256 valence electrons. The average molecular weight is 650 g/mol. The highest BCUT2D eigenvalue weighted by Gasteiger charge is 2.43. The summed E-state index contributed by atoms with van der Waals surface area (Å²) in [5.74, 6) is -2.25. The summed E-state index contributed by atoms with van der Waals surface area (Å²) >= 11 is 0. The van der Waals surface area contributed by atoms with Crippen LogP contribution in [0.3, 0.4) is 0 Å². The van der Waals surface area contributed by atoms with E-state index in [0.717, 1.165) is 4.90 Å². The normalized spacial score (nSPS) is 13.3. The third kappa shape index (κ3) is 13.6. The number of amides is 4. The third-order valence-corrected chi connectivity index (χ3v) is 6.48. The van der Waals surface area contributed by atoms with E-state index in [9.17, 15) is 28.8 Å². The molecule has 1 aromatic carbocycles. The lowest BCUT2D eigenvalue weighted by atomic mass is 10.0. The van der Waals surface area contributed by atoms with Crippen molar-refractivity contribution in [2.75, 3.05) is 59.3 Å². The number of carbonyl (C=O) groups excluding carboxylic acids is 6. The van der Waals surface area contributed by atoms with Gasteiger partial charge in [0.05, 0.1) is 43.6 Å². The SMILES string of the molecule is CC(=O)CCC(C(C)=O)N1C(=O)c2cccc(OCC(=O)NCCCOCCOCCOCCCNC(=O)OC(C)(C)C)c2C1=O. The number of ketones is 2. The number of imide groups is 1. The summed E-state index contributed by atoms with van der Waals surface area (Å²) in [4.78, 5) is 74.5. The van der Waals surface area contributed by atoms with Crippen molar-refractivity contribution in [2.24, 2.45) is 0 Å². The Kier molecular flexibility index (Phi) is 16.3. The number of nitrogens with one attached hydrogen (secondary N) is 2. The Labute approximate surface area is 269 Å². The maximum Gasteiger partial charge on any atom is 0.407 e. The van der Waals surface area contributed by atoms with E-state index in [4.69, 9.17) is 23.7 Å². The first-order valence-electron chi connectivity index (χ1n) is 15.4. The maximum absolute atomic E-state index is 13.2. The summed E-state index contributed by atoms with van der Waals surface area (Å²) in [6.07, 6.45) is 0.858. The van der Waals surface area contributed by atoms with Crippen LogP contribution >= 0.6 is 0 Å². The lowest BCUT2D eigenvalue weighted by Gasteiger charge is -2.23. The van der Waals surface area contributed by atoms with Crippen molar-refractivity contribution in [3.63, 3.8) is 0 Å². The first-order chi connectivity index (χ1) is 21.8. The van der Waals surface area contributed by atoms with Crippen LogP contribution in [0.4, 0.5) is 4.79 Å². The first kappa shape index (κ1) is 38.3. The second-order valence-corrected chi connectivity index (χ2v) is 11.6. The molecule has 1 aliphatic heterocycles. The fourth-order valence-corrected chi connectivity index (χ4v) is 4.35. The van der Waals surface area contributed by atoms with Crippen LogP contribution in [-0.4, -0.2) is 111 Å². The molecule has 0 saturated heterocycles. The Morgan fingerprint density at radius 3 is 1.98 bits per heavy atom. The summed E-state index contributed by atoms with van der Waals surface area (Å²) in [5.41, 5.74) is -0.458. The van der Waals surface area contributed by atoms with E-state index in [1.807, 2.05) is 0 Å². The Hall–Kier alpha value is -3.88. The Morgan fingerprint density at radius 1 is 0.826 bits per heavy atom. The van der Waals surface area contributed by atoms with Crippen LogP contribution in [-0.2, 0) is 33.3 Å². The summed E-state index contributed by atoms with van der Waals surface area (Å²) in [6, 6.07) is 3.41. The standard InChI is InChI=1S/C32H47N3O11/c1-22(36)11-12-25(23(2)37)35-29(39)24-9-6-10-26(28(24)30(35)40)45-21-27(38)33-13-7-15-42-17-19-44-20-18-43-16-8-14-34-31(41)46-32(3,4)5/h6,9-10,25H,7-8,11-21H2,1-5H3,(H,33,38)(H,34,41). The largest absolute Gasteiger partial charge is 0.483 e. The van der Waals surface area contributed by atoms with Gasteiger partial charge < -0.3 is 39.1 Å². The van der Waals surface area contributed by atoms with Crippen molar-refractivity contribution >= 4 is 35.4 Å². The highest BCUT2D eigenvalue weighted by atomic mass is 16.6. The van der Waals surface area contributed by atoms with Crippen LogP contribution in [0.25, 0.3) is 0 Å². The summed E-state index contributed by atoms with van der Waals surface area (Å²) in [7, 11) is 0. The predicted octanol–water partition coefficient (Wildman–Crippen LogP) is 2.46. The minimum atomic E-state index is -1.06. The number of carbonyl (C=O) groups is 6. The molecule has 1 heterocycles. The smallest absolute Gasteiger partial charge is 0.407 e. The molecular weight excluding hydrogens is 602 g/mol. The number of hydrogen-bond donors (Lipinski definition) is 2. The van der Waals surface area contributed by atoms with Crippen molar-refractivity contribution in [2.45, 2.75) is 71.9 Å². The van der Waals surface area contributed by atoms with E-state index in [2.05, 4.69) is 10.6 Å². The number of Topliss-reactive ketones (excluding diaryl/α,β-unsaturated/α-hetero) is 2. The molecule has 0 fully saturated rings. The zero-order valence-electron chi connectivity index (χ0n) is 27.4. The fraction of sp³-hybridized carbons (Fsp3) is 0.625. The van der Waals surface area contributed by atoms with Crippen LogP contribution in [0.1, 0.15) is 81.0 Å². The van der Waals surface area contributed by atoms with Gasteiger partial charge in [0, 0.05) is 32.7 Å². The van der Waals surface area contributed by atoms with Gasteiger partial charge >= 0.3 is 6.09 Å². The minimum absolute atomic E-state index is 0.0100. The number of alkyl carbamates (subject to hydrolysis) is 1. The molecule has 46 heavy (non-hydrogen) atoms. The number of fused-ring (bicyclic) bond motifs is 1. The van der Waals surface area contributed by atoms with Gasteiger partial charge in [-0.2, -0.15) is 0 Å². The van der Waals surface area contributed by atoms with Crippen molar-refractivity contribution < 1.29 is 52.5 Å². The zero-order valence-corrected chi connectivity index (χ0v) is 27.4. The summed E-state index contributed by atoms with van der Waals surface area (Å²) in [5, 5.41) is 5.37. The van der Waals surface area contributed by atoms with E-state index >= 15 is 0 Å². The second-order valence-electron chi connectivity index (χ2n) is 11.6. The van der Waals surface area contributed by atoms with Gasteiger partial charge in [0.2, 0.25) is 0 Å². The van der Waals surface area contributed by atoms with Gasteiger partial charge in [-0.05, 0) is 66.0 Å². The van der Waals surface area contributed by atoms with Crippen LogP contribution in [0.2, 0.25) is 0 Å². The quantitative estimate of drug-likeness (QED) is 0.139. The van der Waals surface area contributed by atoms with E-state index in [-0.39, 0.29) is 42.1 Å². The molecule has 0 radical (unpaired) electrons. The molecule has 1 aliphatic rings. The van der Waals surface area contributed by atoms with Gasteiger partial charge in [0.15, 0.2) is 12.4 Å². The molecule has 4 amide bonds. The number of ether oxygens (including phenoxy) is 5. The number of hydrogen-bond acceptors (Lipinski definition) is 11.